The maximum atomic E-state index is 12.5. The molecule has 0 aliphatic rings. The van der Waals surface area contributed by atoms with Crippen LogP contribution < -0.4 is 5.32 Å². The first kappa shape index (κ1) is 16.9. The van der Waals surface area contributed by atoms with Crippen molar-refractivity contribution in [3.05, 3.63) is 17.0 Å². The van der Waals surface area contributed by atoms with Crippen LogP contribution in [0.1, 0.15) is 12.1 Å². The summed E-state index contributed by atoms with van der Waals surface area (Å²) in [6, 6.07) is 0.817. The normalized spacial score (nSPS) is 11.7. The Balaban J connectivity index is 2.39. The van der Waals surface area contributed by atoms with Gasteiger partial charge in [0.25, 0.3) is 0 Å². The third-order valence-corrected chi connectivity index (χ3v) is 2.36. The van der Waals surface area contributed by atoms with E-state index in [1.54, 1.807) is 7.11 Å². The van der Waals surface area contributed by atoms with E-state index in [4.69, 9.17) is 21.1 Å². The van der Waals surface area contributed by atoms with E-state index in [1.807, 2.05) is 0 Å². The van der Waals surface area contributed by atoms with Crippen LogP contribution in [0.25, 0.3) is 0 Å². The molecule has 0 aromatic carbocycles. The van der Waals surface area contributed by atoms with Crippen LogP contribution in [0.3, 0.4) is 0 Å². The lowest BCUT2D eigenvalue weighted by molar-refractivity contribution is -0.141. The van der Waals surface area contributed by atoms with Crippen molar-refractivity contribution in [2.45, 2.75) is 12.6 Å². The largest absolute Gasteiger partial charge is 0.433 e. The molecule has 0 bridgehead atoms. The minimum atomic E-state index is -4.55. The monoisotopic (exact) mass is 313 g/mol. The fourth-order valence-corrected chi connectivity index (χ4v) is 1.47. The number of nitrogens with one attached hydrogen (secondary N) is 1. The Morgan fingerprint density at radius 3 is 2.65 bits per heavy atom. The number of alkyl halides is 3. The molecular formula is C11H15ClF3N3O2. The van der Waals surface area contributed by atoms with Gasteiger partial charge < -0.3 is 14.8 Å². The molecule has 5 nitrogen and oxygen atoms in total. The molecule has 0 saturated carbocycles. The van der Waals surface area contributed by atoms with Crippen molar-refractivity contribution in [2.75, 3.05) is 38.8 Å². The van der Waals surface area contributed by atoms with Gasteiger partial charge in [0.05, 0.1) is 13.2 Å². The molecule has 1 N–H and O–H groups in total. The Bertz CT molecular complexity index is 418. The van der Waals surface area contributed by atoms with Gasteiger partial charge in [0.15, 0.2) is 5.69 Å². The summed E-state index contributed by atoms with van der Waals surface area (Å²) in [7, 11) is 1.57. The fourth-order valence-electron chi connectivity index (χ4n) is 1.29. The minimum absolute atomic E-state index is 0.0363. The zero-order chi connectivity index (χ0) is 15.0. The van der Waals surface area contributed by atoms with Crippen LogP contribution in [-0.4, -0.2) is 43.4 Å². The molecule has 1 rings (SSSR count). The molecule has 0 aliphatic heterocycles. The summed E-state index contributed by atoms with van der Waals surface area (Å²) in [4.78, 5) is 6.81. The van der Waals surface area contributed by atoms with Crippen LogP contribution in [0.15, 0.2) is 6.07 Å². The summed E-state index contributed by atoms with van der Waals surface area (Å²) in [5.74, 6) is 0.0363. The van der Waals surface area contributed by atoms with Crippen LogP contribution in [0, 0.1) is 0 Å². The lowest BCUT2D eigenvalue weighted by Crippen LogP contribution is -2.13. The Hall–Kier alpha value is -1.12. The summed E-state index contributed by atoms with van der Waals surface area (Å²) in [5.41, 5.74) is -1.07. The van der Waals surface area contributed by atoms with E-state index in [-0.39, 0.29) is 5.82 Å². The van der Waals surface area contributed by atoms with Crippen LogP contribution >= 0.6 is 11.6 Å². The first-order valence-electron chi connectivity index (χ1n) is 5.86. The first-order valence-corrected chi connectivity index (χ1v) is 6.23. The van der Waals surface area contributed by atoms with Gasteiger partial charge in [-0.15, -0.1) is 0 Å². The zero-order valence-electron chi connectivity index (χ0n) is 10.8. The van der Waals surface area contributed by atoms with Gasteiger partial charge in [0.2, 0.25) is 5.28 Å². The van der Waals surface area contributed by atoms with Gasteiger partial charge in [-0.25, -0.2) is 9.97 Å². The molecule has 9 heteroatoms. The number of nitrogens with zero attached hydrogens (tertiary/aromatic N) is 2. The molecule has 1 aromatic rings. The maximum absolute atomic E-state index is 12.5. The van der Waals surface area contributed by atoms with E-state index in [9.17, 15) is 13.2 Å². The molecule has 0 radical (unpaired) electrons. The van der Waals surface area contributed by atoms with Crippen molar-refractivity contribution in [1.29, 1.82) is 0 Å². The highest BCUT2D eigenvalue weighted by atomic mass is 35.5. The van der Waals surface area contributed by atoms with Crippen molar-refractivity contribution in [1.82, 2.24) is 9.97 Å². The third kappa shape index (κ3) is 6.36. The predicted molar refractivity (Wildman–Crippen MR) is 67.8 cm³/mol. The lowest BCUT2D eigenvalue weighted by atomic mass is 10.3. The Kier molecular flexibility index (Phi) is 6.97. The Morgan fingerprint density at radius 1 is 1.25 bits per heavy atom. The zero-order valence-corrected chi connectivity index (χ0v) is 11.6. The third-order valence-electron chi connectivity index (χ3n) is 2.19. The van der Waals surface area contributed by atoms with E-state index in [0.29, 0.717) is 32.8 Å². The van der Waals surface area contributed by atoms with Gasteiger partial charge in [0.1, 0.15) is 5.82 Å². The van der Waals surface area contributed by atoms with Crippen molar-refractivity contribution >= 4 is 17.4 Å². The van der Waals surface area contributed by atoms with Gasteiger partial charge in [-0.1, -0.05) is 0 Å². The summed E-state index contributed by atoms with van der Waals surface area (Å²) in [6.07, 6.45) is -3.93. The number of hydrogen-bond acceptors (Lipinski definition) is 5. The smallest absolute Gasteiger partial charge is 0.382 e. The van der Waals surface area contributed by atoms with Crippen LogP contribution in [0.5, 0.6) is 0 Å². The SMILES string of the molecule is COCCOCCCNc1cc(C(F)(F)F)nc(Cl)n1. The molecule has 114 valence electrons. The average Bonchev–Trinajstić information content (AvgIpc) is 2.36. The highest BCUT2D eigenvalue weighted by Crippen LogP contribution is 2.29. The summed E-state index contributed by atoms with van der Waals surface area (Å²) in [6.45, 7) is 1.87. The van der Waals surface area contributed by atoms with Crippen molar-refractivity contribution in [2.24, 2.45) is 0 Å². The summed E-state index contributed by atoms with van der Waals surface area (Å²) < 4.78 is 47.5. The highest BCUT2D eigenvalue weighted by Gasteiger charge is 2.33. The number of ether oxygens (including phenoxy) is 2. The van der Waals surface area contributed by atoms with E-state index in [2.05, 4.69) is 15.3 Å². The molecule has 1 aromatic heterocycles. The second-order valence-electron chi connectivity index (χ2n) is 3.79. The molecule has 20 heavy (non-hydrogen) atoms. The lowest BCUT2D eigenvalue weighted by Gasteiger charge is -2.10. The molecule has 0 aliphatic carbocycles. The molecule has 1 heterocycles. The van der Waals surface area contributed by atoms with Gasteiger partial charge >= 0.3 is 6.18 Å². The summed E-state index contributed by atoms with van der Waals surface area (Å²) >= 11 is 5.45. The molecule has 0 atom stereocenters. The van der Waals surface area contributed by atoms with Crippen molar-refractivity contribution < 1.29 is 22.6 Å². The van der Waals surface area contributed by atoms with Gasteiger partial charge in [-0.3, -0.25) is 0 Å². The number of hydrogen-bond donors (Lipinski definition) is 1. The number of halogens is 4. The summed E-state index contributed by atoms with van der Waals surface area (Å²) in [5, 5.41) is 2.30. The molecule has 0 amide bonds. The predicted octanol–water partition coefficient (Wildman–Crippen LogP) is 2.61. The van der Waals surface area contributed by atoms with Crippen molar-refractivity contribution in [3.8, 4) is 0 Å². The topological polar surface area (TPSA) is 56.3 Å². The molecular weight excluding hydrogens is 299 g/mol. The number of rotatable bonds is 8. The van der Waals surface area contributed by atoms with Gasteiger partial charge in [-0.2, -0.15) is 13.2 Å². The number of anilines is 1. The Morgan fingerprint density at radius 2 is 2.00 bits per heavy atom. The van der Waals surface area contributed by atoms with Gasteiger partial charge in [-0.05, 0) is 18.0 Å². The van der Waals surface area contributed by atoms with Crippen LogP contribution in [0.2, 0.25) is 5.28 Å². The van der Waals surface area contributed by atoms with E-state index in [1.165, 1.54) is 0 Å². The second-order valence-corrected chi connectivity index (χ2v) is 4.13. The fraction of sp³-hybridized carbons (Fsp3) is 0.636. The van der Waals surface area contributed by atoms with Crippen LogP contribution in [0.4, 0.5) is 19.0 Å². The molecule has 0 saturated heterocycles. The average molecular weight is 314 g/mol. The quantitative estimate of drug-likeness (QED) is 0.590. The second kappa shape index (κ2) is 8.23. The van der Waals surface area contributed by atoms with E-state index in [0.717, 1.165) is 6.07 Å². The molecule has 0 unspecified atom stereocenters. The highest BCUT2D eigenvalue weighted by molar-refractivity contribution is 6.28. The van der Waals surface area contributed by atoms with E-state index < -0.39 is 17.2 Å². The van der Waals surface area contributed by atoms with Gasteiger partial charge in [0, 0.05) is 26.3 Å². The molecule has 0 spiro atoms. The van der Waals surface area contributed by atoms with Crippen LogP contribution in [-0.2, 0) is 15.7 Å². The number of methoxy groups -OCH3 is 1. The van der Waals surface area contributed by atoms with E-state index >= 15 is 0 Å². The maximum Gasteiger partial charge on any atom is 0.433 e. The Labute approximate surface area is 119 Å². The molecule has 0 fully saturated rings. The first-order chi connectivity index (χ1) is 9.43. The number of aromatic nitrogens is 2. The standard InChI is InChI=1S/C11H15ClF3N3O2/c1-19-5-6-20-4-2-3-16-9-7-8(11(13,14)15)17-10(12)18-9/h7H,2-6H2,1H3,(H,16,17,18). The minimum Gasteiger partial charge on any atom is -0.382 e. The van der Waals surface area contributed by atoms with Crippen molar-refractivity contribution in [3.63, 3.8) is 0 Å².